The van der Waals surface area contributed by atoms with E-state index in [1.165, 1.54) is 7.11 Å². The average Bonchev–Trinajstić information content (AvgIpc) is 2.91. The summed E-state index contributed by atoms with van der Waals surface area (Å²) in [7, 11) is 1.35. The molecule has 0 bridgehead atoms. The highest BCUT2D eigenvalue weighted by molar-refractivity contribution is 5.85. The summed E-state index contributed by atoms with van der Waals surface area (Å²) in [6.07, 6.45) is 3.80. The predicted octanol–water partition coefficient (Wildman–Crippen LogP) is 6.00. The fourth-order valence-corrected chi connectivity index (χ4v) is 4.25. The van der Waals surface area contributed by atoms with E-state index in [0.29, 0.717) is 18.5 Å². The van der Waals surface area contributed by atoms with Crippen LogP contribution in [0.1, 0.15) is 51.2 Å². The Balaban J connectivity index is 1.92. The van der Waals surface area contributed by atoms with E-state index in [4.69, 9.17) is 4.74 Å². The Bertz CT molecular complexity index is 1210. The largest absolute Gasteiger partial charge is 0.467 e. The summed E-state index contributed by atoms with van der Waals surface area (Å²) in [4.78, 5) is 31.7. The van der Waals surface area contributed by atoms with Crippen LogP contribution in [0.2, 0.25) is 0 Å². The van der Waals surface area contributed by atoms with Crippen LogP contribution >= 0.6 is 0 Å². The van der Waals surface area contributed by atoms with Crippen LogP contribution in [-0.2, 0) is 20.9 Å². The summed E-state index contributed by atoms with van der Waals surface area (Å²) in [5.41, 5.74) is 4.95. The lowest BCUT2D eigenvalue weighted by molar-refractivity contribution is -0.155. The van der Waals surface area contributed by atoms with Crippen molar-refractivity contribution in [2.24, 2.45) is 5.92 Å². The summed E-state index contributed by atoms with van der Waals surface area (Å²) in [5, 5.41) is 9.68. The highest BCUT2D eigenvalue weighted by Gasteiger charge is 2.33. The first kappa shape index (κ1) is 26.6. The van der Waals surface area contributed by atoms with E-state index < -0.39 is 12.0 Å². The monoisotopic (exact) mass is 483 g/mol. The smallest absolute Gasteiger partial charge is 0.328 e. The van der Waals surface area contributed by atoms with Crippen LogP contribution in [0.15, 0.2) is 66.9 Å². The number of methoxy groups -OCH3 is 1. The van der Waals surface area contributed by atoms with Crippen molar-refractivity contribution in [3.05, 3.63) is 78.0 Å². The van der Waals surface area contributed by atoms with Gasteiger partial charge in [0.1, 0.15) is 6.04 Å². The quantitative estimate of drug-likeness (QED) is 0.330. The van der Waals surface area contributed by atoms with E-state index in [0.717, 1.165) is 40.8 Å². The maximum atomic E-state index is 13.1. The van der Waals surface area contributed by atoms with Gasteiger partial charge in [-0.05, 0) is 47.7 Å². The second kappa shape index (κ2) is 12.6. The van der Waals surface area contributed by atoms with E-state index in [1.54, 1.807) is 11.1 Å². The average molecular weight is 484 g/mol. The SMILES string of the molecule is CCCCC(=O)N(Cc1ccc(-c2cc(-c3ccccn3)ccc2C#N)cc1)C(C(=O)OC)C(C)C. The molecule has 0 N–H and O–H groups in total. The molecule has 0 radical (unpaired) electrons. The van der Waals surface area contributed by atoms with Crippen molar-refractivity contribution in [2.75, 3.05) is 7.11 Å². The lowest BCUT2D eigenvalue weighted by atomic mass is 9.95. The van der Waals surface area contributed by atoms with Crippen LogP contribution in [0.5, 0.6) is 0 Å². The molecule has 0 saturated carbocycles. The highest BCUT2D eigenvalue weighted by Crippen LogP contribution is 2.29. The molecule has 6 heteroatoms. The van der Waals surface area contributed by atoms with Crippen molar-refractivity contribution in [3.8, 4) is 28.5 Å². The van der Waals surface area contributed by atoms with E-state index in [9.17, 15) is 14.9 Å². The van der Waals surface area contributed by atoms with Gasteiger partial charge in [-0.2, -0.15) is 5.26 Å². The number of hydrogen-bond acceptors (Lipinski definition) is 5. The van der Waals surface area contributed by atoms with Crippen molar-refractivity contribution in [2.45, 2.75) is 52.6 Å². The van der Waals surface area contributed by atoms with Gasteiger partial charge in [-0.3, -0.25) is 9.78 Å². The first-order valence-electron chi connectivity index (χ1n) is 12.3. The summed E-state index contributed by atoms with van der Waals surface area (Å²) >= 11 is 0. The molecule has 36 heavy (non-hydrogen) atoms. The van der Waals surface area contributed by atoms with Crippen molar-refractivity contribution < 1.29 is 14.3 Å². The molecule has 0 aliphatic carbocycles. The number of hydrogen-bond donors (Lipinski definition) is 0. The molecule has 1 aromatic heterocycles. The number of rotatable bonds is 10. The highest BCUT2D eigenvalue weighted by atomic mass is 16.5. The molecule has 1 amide bonds. The lowest BCUT2D eigenvalue weighted by Crippen LogP contribution is -2.48. The topological polar surface area (TPSA) is 83.3 Å². The number of carbonyl (C=O) groups excluding carboxylic acids is 2. The fourth-order valence-electron chi connectivity index (χ4n) is 4.25. The number of nitrogens with zero attached hydrogens (tertiary/aromatic N) is 3. The van der Waals surface area contributed by atoms with E-state index >= 15 is 0 Å². The predicted molar refractivity (Wildman–Crippen MR) is 141 cm³/mol. The second-order valence-electron chi connectivity index (χ2n) is 9.12. The minimum absolute atomic E-state index is 0.0557. The normalized spacial score (nSPS) is 11.6. The van der Waals surface area contributed by atoms with Gasteiger partial charge in [0.2, 0.25) is 5.91 Å². The maximum absolute atomic E-state index is 13.1. The van der Waals surface area contributed by atoms with Crippen LogP contribution in [-0.4, -0.2) is 34.9 Å². The van der Waals surface area contributed by atoms with E-state index in [-0.39, 0.29) is 11.8 Å². The number of aromatic nitrogens is 1. The Morgan fingerprint density at radius 2 is 1.78 bits per heavy atom. The number of carbonyl (C=O) groups is 2. The molecule has 1 atom stereocenters. The number of unbranched alkanes of at least 4 members (excludes halogenated alkanes) is 1. The third kappa shape index (κ3) is 6.37. The molecule has 2 aromatic carbocycles. The summed E-state index contributed by atoms with van der Waals surface area (Å²) in [6, 6.07) is 20.8. The minimum Gasteiger partial charge on any atom is -0.467 e. The number of ether oxygens (including phenoxy) is 1. The van der Waals surface area contributed by atoms with Gasteiger partial charge in [-0.1, -0.05) is 63.6 Å². The van der Waals surface area contributed by atoms with Crippen LogP contribution in [0.25, 0.3) is 22.4 Å². The van der Waals surface area contributed by atoms with Crippen LogP contribution in [0.3, 0.4) is 0 Å². The summed E-state index contributed by atoms with van der Waals surface area (Å²) in [5.74, 6) is -0.550. The number of pyridine rings is 1. The molecule has 3 aromatic rings. The van der Waals surface area contributed by atoms with Crippen molar-refractivity contribution in [3.63, 3.8) is 0 Å². The maximum Gasteiger partial charge on any atom is 0.328 e. The molecule has 1 heterocycles. The number of amides is 1. The minimum atomic E-state index is -0.653. The van der Waals surface area contributed by atoms with Gasteiger partial charge in [0, 0.05) is 30.3 Å². The molecule has 186 valence electrons. The van der Waals surface area contributed by atoms with Gasteiger partial charge in [0.25, 0.3) is 0 Å². The Hall–Kier alpha value is -3.98. The zero-order chi connectivity index (χ0) is 26.1. The molecule has 0 saturated heterocycles. The van der Waals surface area contributed by atoms with Gasteiger partial charge in [0.05, 0.1) is 24.4 Å². The van der Waals surface area contributed by atoms with Crippen molar-refractivity contribution in [1.82, 2.24) is 9.88 Å². The second-order valence-corrected chi connectivity index (χ2v) is 9.12. The Morgan fingerprint density at radius 1 is 1.06 bits per heavy atom. The Kier molecular flexibility index (Phi) is 9.35. The molecule has 0 aliphatic rings. The standard InChI is InChI=1S/C30H33N3O3/c1-5-6-10-28(34)33(29(21(2)3)30(35)36-4)20-22-11-13-23(14-12-22)26-18-24(15-16-25(26)19-31)27-9-7-8-17-32-27/h7-9,11-18,21,29H,5-6,10,20H2,1-4H3. The molecular formula is C30H33N3O3. The summed E-state index contributed by atoms with van der Waals surface area (Å²) in [6.45, 7) is 6.18. The molecule has 6 nitrogen and oxygen atoms in total. The van der Waals surface area contributed by atoms with E-state index in [2.05, 4.69) is 11.1 Å². The molecule has 0 aliphatic heterocycles. The van der Waals surface area contributed by atoms with Gasteiger partial charge in [-0.15, -0.1) is 0 Å². The lowest BCUT2D eigenvalue weighted by Gasteiger charge is -2.32. The Morgan fingerprint density at radius 3 is 2.36 bits per heavy atom. The first-order valence-corrected chi connectivity index (χ1v) is 12.3. The van der Waals surface area contributed by atoms with E-state index in [1.807, 2.05) is 81.4 Å². The van der Waals surface area contributed by atoms with Gasteiger partial charge < -0.3 is 9.64 Å². The molecule has 0 spiro atoms. The molecule has 0 fully saturated rings. The van der Waals surface area contributed by atoms with Gasteiger partial charge in [0.15, 0.2) is 0 Å². The fraction of sp³-hybridized carbons (Fsp3) is 0.333. The van der Waals surface area contributed by atoms with Crippen LogP contribution in [0.4, 0.5) is 0 Å². The van der Waals surface area contributed by atoms with Crippen LogP contribution in [0, 0.1) is 17.2 Å². The van der Waals surface area contributed by atoms with Crippen LogP contribution < -0.4 is 0 Å². The number of esters is 1. The third-order valence-corrected chi connectivity index (χ3v) is 6.19. The zero-order valence-corrected chi connectivity index (χ0v) is 21.4. The third-order valence-electron chi connectivity index (χ3n) is 6.19. The van der Waals surface area contributed by atoms with Gasteiger partial charge in [-0.25, -0.2) is 4.79 Å². The summed E-state index contributed by atoms with van der Waals surface area (Å²) < 4.78 is 5.03. The number of benzene rings is 2. The van der Waals surface area contributed by atoms with Crippen molar-refractivity contribution in [1.29, 1.82) is 5.26 Å². The number of nitriles is 1. The first-order chi connectivity index (χ1) is 17.4. The van der Waals surface area contributed by atoms with Crippen molar-refractivity contribution >= 4 is 11.9 Å². The zero-order valence-electron chi connectivity index (χ0n) is 21.4. The van der Waals surface area contributed by atoms with Gasteiger partial charge >= 0.3 is 5.97 Å². The molecule has 3 rings (SSSR count). The molecular weight excluding hydrogens is 450 g/mol. The Labute approximate surface area is 213 Å². The molecule has 1 unspecified atom stereocenters.